The molecular formula is C23H25N2OS+. The minimum absolute atomic E-state index is 0.159. The molecule has 4 rings (SSSR count). The van der Waals surface area contributed by atoms with Crippen LogP contribution in [0.4, 0.5) is 0 Å². The Balaban J connectivity index is 1.39. The van der Waals surface area contributed by atoms with Crippen molar-refractivity contribution in [2.75, 3.05) is 32.4 Å². The van der Waals surface area contributed by atoms with Gasteiger partial charge in [-0.2, -0.15) is 0 Å². The first-order valence-electron chi connectivity index (χ1n) is 9.48. The van der Waals surface area contributed by atoms with Crippen LogP contribution in [0.2, 0.25) is 0 Å². The van der Waals surface area contributed by atoms with Crippen LogP contribution >= 0.6 is 11.8 Å². The number of nitrogens with one attached hydrogen (secondary N) is 1. The van der Waals surface area contributed by atoms with Crippen LogP contribution in [0.15, 0.2) is 71.6 Å². The summed E-state index contributed by atoms with van der Waals surface area (Å²) < 4.78 is 0. The van der Waals surface area contributed by atoms with Crippen LogP contribution in [0, 0.1) is 0 Å². The molecule has 1 amide bonds. The summed E-state index contributed by atoms with van der Waals surface area (Å²) in [5, 5.41) is 2.65. The Labute approximate surface area is 165 Å². The Hall–Kier alpha value is -2.30. The molecular weight excluding hydrogens is 352 g/mol. The number of fused-ring (bicyclic) bond motifs is 1. The fraction of sp³-hybridized carbons (Fsp3) is 0.261. The largest absolute Gasteiger partial charge is 0.328 e. The Morgan fingerprint density at radius 2 is 1.67 bits per heavy atom. The Kier molecular flexibility index (Phi) is 5.46. The Morgan fingerprint density at radius 3 is 2.41 bits per heavy atom. The highest BCUT2D eigenvalue weighted by Gasteiger charge is 2.24. The molecule has 0 aliphatic carbocycles. The molecule has 1 aliphatic heterocycles. The monoisotopic (exact) mass is 377 g/mol. The van der Waals surface area contributed by atoms with Gasteiger partial charge in [0.15, 0.2) is 0 Å². The van der Waals surface area contributed by atoms with Crippen LogP contribution in [0.5, 0.6) is 0 Å². The number of benzene rings is 3. The van der Waals surface area contributed by atoms with Gasteiger partial charge >= 0.3 is 0 Å². The van der Waals surface area contributed by atoms with Gasteiger partial charge < -0.3 is 9.80 Å². The van der Waals surface area contributed by atoms with Crippen molar-refractivity contribution in [1.29, 1.82) is 0 Å². The number of hydrogen-bond donors (Lipinski definition) is 1. The summed E-state index contributed by atoms with van der Waals surface area (Å²) in [6.07, 6.45) is 2.05. The van der Waals surface area contributed by atoms with Crippen molar-refractivity contribution < 1.29 is 9.69 Å². The molecule has 0 radical (unpaired) electrons. The van der Waals surface area contributed by atoms with E-state index in [0.29, 0.717) is 0 Å². The predicted molar refractivity (Wildman–Crippen MR) is 112 cm³/mol. The lowest BCUT2D eigenvalue weighted by molar-refractivity contribution is -0.917. The lowest BCUT2D eigenvalue weighted by Gasteiger charge is -2.32. The van der Waals surface area contributed by atoms with Gasteiger partial charge in [-0.3, -0.25) is 4.79 Å². The second-order valence-corrected chi connectivity index (χ2v) is 7.97. The molecule has 1 N–H and O–H groups in total. The van der Waals surface area contributed by atoms with Crippen molar-refractivity contribution in [2.24, 2.45) is 0 Å². The molecule has 1 fully saturated rings. The number of carbonyl (C=O) groups is 1. The average Bonchev–Trinajstić information content (AvgIpc) is 2.74. The molecule has 1 saturated heterocycles. The van der Waals surface area contributed by atoms with E-state index >= 15 is 0 Å². The fourth-order valence-corrected chi connectivity index (χ4v) is 4.24. The second-order valence-electron chi connectivity index (χ2n) is 7.09. The molecule has 0 aromatic heterocycles. The van der Waals surface area contributed by atoms with Crippen molar-refractivity contribution in [2.45, 2.75) is 11.4 Å². The van der Waals surface area contributed by atoms with Gasteiger partial charge in [-0.1, -0.05) is 42.5 Å². The lowest BCUT2D eigenvalue weighted by Crippen LogP contribution is -3.13. The van der Waals surface area contributed by atoms with Crippen molar-refractivity contribution in [1.82, 2.24) is 4.90 Å². The number of carbonyl (C=O) groups excluding carboxylic acids is 1. The van der Waals surface area contributed by atoms with E-state index in [1.54, 1.807) is 16.7 Å². The second kappa shape index (κ2) is 8.15. The molecule has 138 valence electrons. The van der Waals surface area contributed by atoms with Crippen molar-refractivity contribution in [3.8, 4) is 0 Å². The molecule has 0 atom stereocenters. The highest BCUT2D eigenvalue weighted by atomic mass is 32.2. The SMILES string of the molecule is CSc1ccc(C(=O)N2CC[NH+](Cc3cccc4ccccc34)CC2)cc1. The summed E-state index contributed by atoms with van der Waals surface area (Å²) in [5.41, 5.74) is 2.20. The third-order valence-electron chi connectivity index (χ3n) is 5.42. The number of amides is 1. The molecule has 3 nitrogen and oxygen atoms in total. The third-order valence-corrected chi connectivity index (χ3v) is 6.16. The van der Waals surface area contributed by atoms with Gasteiger partial charge in [-0.05, 0) is 41.3 Å². The Morgan fingerprint density at radius 1 is 0.963 bits per heavy atom. The molecule has 3 aromatic rings. The topological polar surface area (TPSA) is 24.8 Å². The van der Waals surface area contributed by atoms with Gasteiger partial charge in [-0.25, -0.2) is 0 Å². The minimum Gasteiger partial charge on any atom is -0.328 e. The number of piperazine rings is 1. The van der Waals surface area contributed by atoms with Gasteiger partial charge in [0.25, 0.3) is 5.91 Å². The summed E-state index contributed by atoms with van der Waals surface area (Å²) in [6.45, 7) is 4.66. The zero-order valence-corrected chi connectivity index (χ0v) is 16.5. The fourth-order valence-electron chi connectivity index (χ4n) is 3.83. The molecule has 0 spiro atoms. The van der Waals surface area contributed by atoms with E-state index in [1.165, 1.54) is 21.2 Å². The molecule has 1 heterocycles. The van der Waals surface area contributed by atoms with Crippen LogP contribution in [-0.4, -0.2) is 43.2 Å². The first kappa shape index (κ1) is 18.1. The van der Waals surface area contributed by atoms with Crippen LogP contribution < -0.4 is 4.90 Å². The number of hydrogen-bond acceptors (Lipinski definition) is 2. The average molecular weight is 378 g/mol. The molecule has 4 heteroatoms. The molecule has 3 aromatic carbocycles. The first-order chi connectivity index (χ1) is 13.2. The highest BCUT2D eigenvalue weighted by Crippen LogP contribution is 2.18. The predicted octanol–water partition coefficient (Wildman–Crippen LogP) is 3.10. The maximum atomic E-state index is 12.7. The van der Waals surface area contributed by atoms with E-state index in [4.69, 9.17) is 0 Å². The zero-order valence-electron chi connectivity index (χ0n) is 15.7. The standard InChI is InChI=1S/C23H24N2OS/c1-27-21-11-9-19(10-12-21)23(26)25-15-13-24(14-16-25)17-20-7-4-6-18-5-2-3-8-22(18)20/h2-12H,13-17H2,1H3/p+1. The molecule has 0 unspecified atom stereocenters. The molecule has 0 bridgehead atoms. The zero-order chi connectivity index (χ0) is 18.6. The smallest absolute Gasteiger partial charge is 0.254 e. The van der Waals surface area contributed by atoms with Crippen molar-refractivity contribution in [3.63, 3.8) is 0 Å². The van der Waals surface area contributed by atoms with Gasteiger partial charge in [0.1, 0.15) is 6.54 Å². The molecule has 1 aliphatic rings. The van der Waals surface area contributed by atoms with Gasteiger partial charge in [0.05, 0.1) is 26.2 Å². The van der Waals surface area contributed by atoms with E-state index in [9.17, 15) is 4.79 Å². The minimum atomic E-state index is 0.159. The van der Waals surface area contributed by atoms with E-state index in [2.05, 4.69) is 48.7 Å². The Bertz CT molecular complexity index is 925. The van der Waals surface area contributed by atoms with E-state index < -0.39 is 0 Å². The number of nitrogens with zero attached hydrogens (tertiary/aromatic N) is 1. The van der Waals surface area contributed by atoms with E-state index in [-0.39, 0.29) is 5.91 Å². The van der Waals surface area contributed by atoms with E-state index in [1.807, 2.05) is 29.2 Å². The van der Waals surface area contributed by atoms with Crippen LogP contribution in [-0.2, 0) is 6.54 Å². The number of quaternary nitrogens is 1. The maximum absolute atomic E-state index is 12.7. The first-order valence-corrected chi connectivity index (χ1v) is 10.7. The van der Waals surface area contributed by atoms with Crippen molar-refractivity contribution >= 4 is 28.4 Å². The summed E-state index contributed by atoms with van der Waals surface area (Å²) in [4.78, 5) is 17.5. The van der Waals surface area contributed by atoms with Gasteiger partial charge in [0, 0.05) is 16.0 Å². The van der Waals surface area contributed by atoms with Crippen LogP contribution in [0.3, 0.4) is 0 Å². The maximum Gasteiger partial charge on any atom is 0.254 e. The summed E-state index contributed by atoms with van der Waals surface area (Å²) in [6, 6.07) is 23.1. The van der Waals surface area contributed by atoms with Gasteiger partial charge in [0.2, 0.25) is 0 Å². The van der Waals surface area contributed by atoms with E-state index in [0.717, 1.165) is 38.3 Å². The molecule has 27 heavy (non-hydrogen) atoms. The highest BCUT2D eigenvalue weighted by molar-refractivity contribution is 7.98. The number of rotatable bonds is 4. The summed E-state index contributed by atoms with van der Waals surface area (Å²) in [5.74, 6) is 0.159. The third kappa shape index (κ3) is 4.02. The van der Waals surface area contributed by atoms with Gasteiger partial charge in [-0.15, -0.1) is 11.8 Å². The van der Waals surface area contributed by atoms with Crippen LogP contribution in [0.1, 0.15) is 15.9 Å². The van der Waals surface area contributed by atoms with Crippen LogP contribution in [0.25, 0.3) is 10.8 Å². The number of thioether (sulfide) groups is 1. The normalized spacial score (nSPS) is 15.2. The lowest BCUT2D eigenvalue weighted by atomic mass is 10.0. The molecule has 0 saturated carbocycles. The van der Waals surface area contributed by atoms with Crippen molar-refractivity contribution in [3.05, 3.63) is 77.9 Å². The quantitative estimate of drug-likeness (QED) is 0.707. The summed E-state index contributed by atoms with van der Waals surface area (Å²) in [7, 11) is 0. The summed E-state index contributed by atoms with van der Waals surface area (Å²) >= 11 is 1.70.